The SMILES string of the molecule is [CH3-].[CH3-].[CH3-].[I-].[Pt]. The van der Waals surface area contributed by atoms with E-state index in [0.717, 1.165) is 0 Å². The Labute approximate surface area is 67.0 Å². The van der Waals surface area contributed by atoms with Crippen molar-refractivity contribution in [3.63, 3.8) is 0 Å². The van der Waals surface area contributed by atoms with Crippen LogP contribution in [0.1, 0.15) is 0 Å². The minimum atomic E-state index is 0. The molecule has 0 heterocycles. The second-order valence-corrected chi connectivity index (χ2v) is 0. The summed E-state index contributed by atoms with van der Waals surface area (Å²) in [5.41, 5.74) is 0. The summed E-state index contributed by atoms with van der Waals surface area (Å²) < 4.78 is 0. The topological polar surface area (TPSA) is 0 Å². The Morgan fingerprint density at radius 3 is 0.600 bits per heavy atom. The van der Waals surface area contributed by atoms with Crippen molar-refractivity contribution in [2.75, 3.05) is 0 Å². The van der Waals surface area contributed by atoms with Crippen molar-refractivity contribution >= 4 is 0 Å². The van der Waals surface area contributed by atoms with E-state index in [1.165, 1.54) is 0 Å². The summed E-state index contributed by atoms with van der Waals surface area (Å²) in [6.45, 7) is 0. The predicted octanol–water partition coefficient (Wildman–Crippen LogP) is -1.65. The minimum Gasteiger partial charge on any atom is -1.00 e. The largest absolute Gasteiger partial charge is 1.00 e. The van der Waals surface area contributed by atoms with Crippen LogP contribution in [0.25, 0.3) is 0 Å². The van der Waals surface area contributed by atoms with Gasteiger partial charge in [-0.3, -0.25) is 0 Å². The molecule has 0 amide bonds. The van der Waals surface area contributed by atoms with E-state index in [1.807, 2.05) is 0 Å². The quantitative estimate of drug-likeness (QED) is 0.356. The first kappa shape index (κ1) is 93.7. The van der Waals surface area contributed by atoms with E-state index in [2.05, 4.69) is 0 Å². The summed E-state index contributed by atoms with van der Waals surface area (Å²) in [5, 5.41) is 0. The van der Waals surface area contributed by atoms with E-state index < -0.39 is 0 Å². The van der Waals surface area contributed by atoms with E-state index in [1.54, 1.807) is 0 Å². The molecule has 0 aromatic carbocycles. The molecule has 0 rings (SSSR count). The Hall–Kier alpha value is 1.42. The van der Waals surface area contributed by atoms with E-state index >= 15 is 0 Å². The van der Waals surface area contributed by atoms with Crippen LogP contribution in [-0.2, 0) is 21.1 Å². The van der Waals surface area contributed by atoms with Crippen LogP contribution in [0.5, 0.6) is 0 Å². The van der Waals surface area contributed by atoms with Crippen LogP contribution in [0.15, 0.2) is 0 Å². The fourth-order valence-electron chi connectivity index (χ4n) is 0. The predicted molar refractivity (Wildman–Crippen MR) is 19.2 cm³/mol. The summed E-state index contributed by atoms with van der Waals surface area (Å²) in [6, 6.07) is 0. The van der Waals surface area contributed by atoms with E-state index in [-0.39, 0.29) is 67.3 Å². The molecular formula is C3H9IPt-4. The van der Waals surface area contributed by atoms with E-state index in [9.17, 15) is 0 Å². The van der Waals surface area contributed by atoms with Gasteiger partial charge in [-0.05, 0) is 0 Å². The molecule has 0 aliphatic heterocycles. The summed E-state index contributed by atoms with van der Waals surface area (Å²) >= 11 is 0. The summed E-state index contributed by atoms with van der Waals surface area (Å²) in [6.07, 6.45) is 0. The molecule has 0 fully saturated rings. The normalized spacial score (nSPS) is 0. The van der Waals surface area contributed by atoms with Crippen molar-refractivity contribution in [1.82, 2.24) is 0 Å². The number of hydrogen-bond donors (Lipinski definition) is 0. The number of halogens is 1. The van der Waals surface area contributed by atoms with Crippen LogP contribution in [0.3, 0.4) is 0 Å². The molecule has 0 aromatic rings. The van der Waals surface area contributed by atoms with Crippen molar-refractivity contribution in [3.05, 3.63) is 22.3 Å². The molecule has 0 N–H and O–H groups in total. The molecule has 0 atom stereocenters. The Balaban J connectivity index is 0. The molecule has 0 nitrogen and oxygen atoms in total. The third-order valence-corrected chi connectivity index (χ3v) is 0. The fraction of sp³-hybridized carbons (Fsp3) is 0. The van der Waals surface area contributed by atoms with Gasteiger partial charge in [-0.2, -0.15) is 0 Å². The van der Waals surface area contributed by atoms with Crippen LogP contribution < -0.4 is 24.0 Å². The number of hydrogen-bond acceptors (Lipinski definition) is 0. The molecule has 0 radical (unpaired) electrons. The maximum Gasteiger partial charge on any atom is 0 e. The second-order valence-electron chi connectivity index (χ2n) is 0. The summed E-state index contributed by atoms with van der Waals surface area (Å²) in [7, 11) is 0. The van der Waals surface area contributed by atoms with Gasteiger partial charge in [0, 0.05) is 21.1 Å². The molecule has 0 unspecified atom stereocenters. The van der Waals surface area contributed by atoms with Gasteiger partial charge in [-0.1, -0.05) is 0 Å². The zero-order valence-electron chi connectivity index (χ0n) is 3.69. The van der Waals surface area contributed by atoms with Gasteiger partial charge in [0.05, 0.1) is 0 Å². The Morgan fingerprint density at radius 1 is 0.600 bits per heavy atom. The first-order valence-corrected chi connectivity index (χ1v) is 0. The van der Waals surface area contributed by atoms with Crippen LogP contribution >= 0.6 is 0 Å². The molecule has 0 aliphatic carbocycles. The van der Waals surface area contributed by atoms with Gasteiger partial charge in [0.25, 0.3) is 0 Å². The van der Waals surface area contributed by atoms with Crippen molar-refractivity contribution in [2.24, 2.45) is 0 Å². The Bertz CT molecular complexity index is 6.85. The smallest absolute Gasteiger partial charge is 0 e. The van der Waals surface area contributed by atoms with Gasteiger partial charge in [-0.25, -0.2) is 0 Å². The Morgan fingerprint density at radius 2 is 0.600 bits per heavy atom. The summed E-state index contributed by atoms with van der Waals surface area (Å²) in [4.78, 5) is 0. The minimum absolute atomic E-state index is 0. The van der Waals surface area contributed by atoms with Gasteiger partial charge in [0.2, 0.25) is 0 Å². The molecule has 0 bridgehead atoms. The van der Waals surface area contributed by atoms with Crippen LogP contribution in [0.2, 0.25) is 0 Å². The molecule has 0 saturated heterocycles. The molecule has 0 aliphatic rings. The average molecular weight is 367 g/mol. The van der Waals surface area contributed by atoms with Crippen LogP contribution in [-0.4, -0.2) is 0 Å². The number of rotatable bonds is 0. The standard InChI is InChI=1S/3CH3.HI.Pt/h3*1H3;1H;/q3*-1;;/p-1. The molecule has 42 valence electrons. The zero-order valence-corrected chi connectivity index (χ0v) is 8.12. The fourth-order valence-corrected chi connectivity index (χ4v) is 0. The Kier molecular flexibility index (Phi) is 985. The van der Waals surface area contributed by atoms with Gasteiger partial charge >= 0.3 is 0 Å². The van der Waals surface area contributed by atoms with Crippen molar-refractivity contribution < 1.29 is 45.0 Å². The monoisotopic (exact) mass is 367 g/mol. The van der Waals surface area contributed by atoms with Gasteiger partial charge < -0.3 is 46.3 Å². The zero-order chi connectivity index (χ0) is 0. The van der Waals surface area contributed by atoms with Gasteiger partial charge in [0.1, 0.15) is 0 Å². The van der Waals surface area contributed by atoms with Gasteiger partial charge in [-0.15, -0.1) is 0 Å². The maximum atomic E-state index is 0. The molecule has 2 heteroatoms. The van der Waals surface area contributed by atoms with Crippen LogP contribution in [0, 0.1) is 22.3 Å². The maximum absolute atomic E-state index is 0. The average Bonchev–Trinajstić information content (AvgIpc) is 0. The van der Waals surface area contributed by atoms with Crippen LogP contribution in [0.4, 0.5) is 0 Å². The molecule has 0 saturated carbocycles. The van der Waals surface area contributed by atoms with Crippen molar-refractivity contribution in [3.8, 4) is 0 Å². The third kappa shape index (κ3) is 31.5. The summed E-state index contributed by atoms with van der Waals surface area (Å²) in [5.74, 6) is 0. The van der Waals surface area contributed by atoms with Crippen molar-refractivity contribution in [1.29, 1.82) is 0 Å². The van der Waals surface area contributed by atoms with E-state index in [0.29, 0.717) is 0 Å². The molecule has 0 spiro atoms. The first-order valence-electron chi connectivity index (χ1n) is 0. The molecule has 0 aromatic heterocycles. The first-order chi connectivity index (χ1) is 0. The van der Waals surface area contributed by atoms with E-state index in [4.69, 9.17) is 0 Å². The second kappa shape index (κ2) is 52.6. The van der Waals surface area contributed by atoms with Gasteiger partial charge in [0.15, 0.2) is 0 Å². The molecule has 5 heavy (non-hydrogen) atoms. The molecular weight excluding hydrogens is 358 g/mol. The van der Waals surface area contributed by atoms with Crippen molar-refractivity contribution in [2.45, 2.75) is 0 Å². The third-order valence-electron chi connectivity index (χ3n) is 0.